The molecule has 2 aliphatic heterocycles. The number of nitrogens with zero attached hydrogens (tertiary/aromatic N) is 3. The summed E-state index contributed by atoms with van der Waals surface area (Å²) in [5.74, 6) is -0.122. The van der Waals surface area contributed by atoms with Crippen LogP contribution >= 0.6 is 11.3 Å². The molecular weight excluding hydrogens is 386 g/mol. The minimum Gasteiger partial charge on any atom is -0.361 e. The number of carbonyl (C=O) groups is 2. The first kappa shape index (κ1) is 20.1. The van der Waals surface area contributed by atoms with Crippen molar-refractivity contribution in [1.82, 2.24) is 14.7 Å². The summed E-state index contributed by atoms with van der Waals surface area (Å²) < 4.78 is 6.25. The molecule has 29 heavy (non-hydrogen) atoms. The lowest BCUT2D eigenvalue weighted by molar-refractivity contribution is -0.159. The van der Waals surface area contributed by atoms with Crippen molar-refractivity contribution < 1.29 is 14.3 Å². The van der Waals surface area contributed by atoms with E-state index in [1.54, 1.807) is 4.90 Å². The minimum atomic E-state index is -1.02. The van der Waals surface area contributed by atoms with Gasteiger partial charge in [0.05, 0.1) is 18.0 Å². The van der Waals surface area contributed by atoms with Crippen LogP contribution in [0.2, 0.25) is 0 Å². The molecule has 2 amide bonds. The number of carbonyl (C=O) groups excluding carboxylic acids is 2. The molecule has 1 aromatic heterocycles. The van der Waals surface area contributed by atoms with Crippen LogP contribution in [-0.2, 0) is 9.53 Å². The molecule has 1 spiro atoms. The number of hydrogen-bond acceptors (Lipinski definition) is 5. The largest absolute Gasteiger partial charge is 0.361 e. The number of rotatable bonds is 5. The smallest absolute Gasteiger partial charge is 0.264 e. The topological polar surface area (TPSA) is 53.1 Å². The number of likely N-dealkylation sites (tertiary alicyclic amines) is 1. The third-order valence-corrected chi connectivity index (χ3v) is 6.66. The van der Waals surface area contributed by atoms with Crippen LogP contribution in [0.4, 0.5) is 0 Å². The summed E-state index contributed by atoms with van der Waals surface area (Å²) in [6, 6.07) is 13.8. The molecule has 1 aromatic carbocycles. The fraction of sp³-hybridized carbons (Fsp3) is 0.455. The number of benzene rings is 1. The van der Waals surface area contributed by atoms with E-state index in [1.807, 2.05) is 54.7 Å². The Balaban J connectivity index is 1.65. The van der Waals surface area contributed by atoms with Gasteiger partial charge in [-0.05, 0) is 31.1 Å². The average Bonchev–Trinajstić information content (AvgIpc) is 3.35. The van der Waals surface area contributed by atoms with Gasteiger partial charge in [0.2, 0.25) is 0 Å². The quantitative estimate of drug-likeness (QED) is 0.754. The van der Waals surface area contributed by atoms with Crippen LogP contribution in [0, 0.1) is 0 Å². The van der Waals surface area contributed by atoms with Gasteiger partial charge in [0.1, 0.15) is 0 Å². The van der Waals surface area contributed by atoms with E-state index in [4.69, 9.17) is 4.74 Å². The molecule has 0 N–H and O–H groups in total. The Kier molecular flexibility index (Phi) is 5.72. The van der Waals surface area contributed by atoms with Crippen LogP contribution in [0.25, 0.3) is 0 Å². The summed E-state index contributed by atoms with van der Waals surface area (Å²) in [4.78, 5) is 33.0. The monoisotopic (exact) mass is 413 g/mol. The van der Waals surface area contributed by atoms with E-state index < -0.39 is 5.60 Å². The summed E-state index contributed by atoms with van der Waals surface area (Å²) in [7, 11) is 4.01. The molecule has 2 aliphatic rings. The van der Waals surface area contributed by atoms with Gasteiger partial charge in [0.15, 0.2) is 5.60 Å². The van der Waals surface area contributed by atoms with Crippen LogP contribution in [0.15, 0.2) is 47.8 Å². The van der Waals surface area contributed by atoms with E-state index in [0.29, 0.717) is 37.7 Å². The Bertz CT molecular complexity index is 855. The Morgan fingerprint density at radius 1 is 1.24 bits per heavy atom. The van der Waals surface area contributed by atoms with Crippen LogP contribution in [0.5, 0.6) is 0 Å². The lowest BCUT2D eigenvalue weighted by Crippen LogP contribution is -2.59. The first-order valence-corrected chi connectivity index (χ1v) is 10.8. The van der Waals surface area contributed by atoms with Gasteiger partial charge in [0.25, 0.3) is 11.8 Å². The van der Waals surface area contributed by atoms with E-state index >= 15 is 0 Å². The van der Waals surface area contributed by atoms with Crippen molar-refractivity contribution >= 4 is 23.2 Å². The molecule has 2 aromatic rings. The Morgan fingerprint density at radius 3 is 2.72 bits per heavy atom. The van der Waals surface area contributed by atoms with Gasteiger partial charge in [-0.2, -0.15) is 0 Å². The van der Waals surface area contributed by atoms with Crippen molar-refractivity contribution in [3.8, 4) is 0 Å². The highest BCUT2D eigenvalue weighted by Gasteiger charge is 2.58. The predicted octanol–water partition coefficient (Wildman–Crippen LogP) is 2.15. The van der Waals surface area contributed by atoms with Crippen LogP contribution in [0.1, 0.15) is 21.2 Å². The molecule has 0 aliphatic carbocycles. The molecule has 4 rings (SSSR count). The maximum atomic E-state index is 13.6. The third-order valence-electron chi connectivity index (χ3n) is 5.80. The second kappa shape index (κ2) is 8.26. The molecule has 0 unspecified atom stereocenters. The van der Waals surface area contributed by atoms with Gasteiger partial charge < -0.3 is 19.4 Å². The predicted molar refractivity (Wildman–Crippen MR) is 113 cm³/mol. The summed E-state index contributed by atoms with van der Waals surface area (Å²) in [5, 5.41) is 1.90. The highest BCUT2D eigenvalue weighted by atomic mass is 32.1. The molecule has 2 atom stereocenters. The molecule has 2 saturated heterocycles. The average molecular weight is 414 g/mol. The molecule has 2 fully saturated rings. The Morgan fingerprint density at radius 2 is 2.03 bits per heavy atom. The summed E-state index contributed by atoms with van der Waals surface area (Å²) in [6.45, 7) is 3.22. The molecular formula is C22H27N3O3S. The first-order valence-electron chi connectivity index (χ1n) is 9.97. The highest BCUT2D eigenvalue weighted by molar-refractivity contribution is 7.12. The van der Waals surface area contributed by atoms with Crippen molar-refractivity contribution in [3.05, 3.63) is 58.3 Å². The second-order valence-electron chi connectivity index (χ2n) is 7.96. The zero-order valence-electron chi connectivity index (χ0n) is 16.9. The lowest BCUT2D eigenvalue weighted by Gasteiger charge is -2.42. The van der Waals surface area contributed by atoms with E-state index in [1.165, 1.54) is 11.3 Å². The molecule has 0 radical (unpaired) electrons. The van der Waals surface area contributed by atoms with Crippen molar-refractivity contribution in [3.63, 3.8) is 0 Å². The normalized spacial score (nSPS) is 24.7. The zero-order valence-corrected chi connectivity index (χ0v) is 17.7. The molecule has 0 saturated carbocycles. The maximum Gasteiger partial charge on any atom is 0.264 e. The van der Waals surface area contributed by atoms with Crippen LogP contribution < -0.4 is 0 Å². The number of thiophene rings is 1. The van der Waals surface area contributed by atoms with Crippen molar-refractivity contribution in [1.29, 1.82) is 0 Å². The number of amides is 2. The van der Waals surface area contributed by atoms with Crippen molar-refractivity contribution in [2.45, 2.75) is 11.5 Å². The van der Waals surface area contributed by atoms with Gasteiger partial charge >= 0.3 is 0 Å². The number of morpholine rings is 1. The molecule has 7 heteroatoms. The fourth-order valence-electron chi connectivity index (χ4n) is 4.26. The number of hydrogen-bond donors (Lipinski definition) is 0. The summed E-state index contributed by atoms with van der Waals surface area (Å²) in [6.07, 6.45) is 0. The Hall–Kier alpha value is -2.22. The standard InChI is InChI=1S/C22H27N3O3S/c1-23(2)10-11-24-15-18(17-7-4-3-5-8-17)22(21(24)27)16-25(12-13-28-22)20(26)19-9-6-14-29-19/h3-9,14,18H,10-13,15-16H2,1-2H3/t18-,22-/m1/s1. The maximum absolute atomic E-state index is 13.6. The fourth-order valence-corrected chi connectivity index (χ4v) is 4.95. The first-order chi connectivity index (χ1) is 14.0. The SMILES string of the molecule is CN(C)CCN1C[C@H](c2ccccc2)[C@]2(CN(C(=O)c3cccs3)CCO2)C1=O. The van der Waals surface area contributed by atoms with E-state index in [0.717, 1.165) is 12.1 Å². The number of likely N-dealkylation sites (N-methyl/N-ethyl adjacent to an activating group) is 1. The zero-order chi connectivity index (χ0) is 20.4. The van der Waals surface area contributed by atoms with Crippen molar-refractivity contribution in [2.24, 2.45) is 0 Å². The van der Waals surface area contributed by atoms with E-state index in [9.17, 15) is 9.59 Å². The van der Waals surface area contributed by atoms with Crippen LogP contribution in [0.3, 0.4) is 0 Å². The van der Waals surface area contributed by atoms with Gasteiger partial charge in [-0.1, -0.05) is 36.4 Å². The molecule has 154 valence electrons. The number of ether oxygens (including phenoxy) is 1. The second-order valence-corrected chi connectivity index (χ2v) is 8.91. The third kappa shape index (κ3) is 3.82. The highest BCUT2D eigenvalue weighted by Crippen LogP contribution is 2.42. The summed E-state index contributed by atoms with van der Waals surface area (Å²) in [5.41, 5.74) is 0.0670. The van der Waals surface area contributed by atoms with Crippen molar-refractivity contribution in [2.75, 3.05) is 53.4 Å². The van der Waals surface area contributed by atoms with Gasteiger partial charge in [0, 0.05) is 32.1 Å². The van der Waals surface area contributed by atoms with E-state index in [-0.39, 0.29) is 17.7 Å². The molecule has 6 nitrogen and oxygen atoms in total. The Labute approximate surface area is 175 Å². The van der Waals surface area contributed by atoms with E-state index in [2.05, 4.69) is 17.0 Å². The minimum absolute atomic E-state index is 0.00289. The summed E-state index contributed by atoms with van der Waals surface area (Å²) >= 11 is 1.43. The lowest BCUT2D eigenvalue weighted by atomic mass is 9.83. The molecule has 3 heterocycles. The molecule has 0 bridgehead atoms. The van der Waals surface area contributed by atoms with Gasteiger partial charge in [-0.25, -0.2) is 0 Å². The van der Waals surface area contributed by atoms with Gasteiger partial charge in [-0.15, -0.1) is 11.3 Å². The van der Waals surface area contributed by atoms with Crippen LogP contribution in [-0.4, -0.2) is 85.5 Å². The van der Waals surface area contributed by atoms with Gasteiger partial charge in [-0.3, -0.25) is 9.59 Å².